The molecule has 3 aromatic rings. The van der Waals surface area contributed by atoms with Crippen molar-refractivity contribution in [3.63, 3.8) is 0 Å². The van der Waals surface area contributed by atoms with Gasteiger partial charge in [-0.25, -0.2) is 24.4 Å². The molecule has 0 spiro atoms. The predicted molar refractivity (Wildman–Crippen MR) is 151 cm³/mol. The Balaban J connectivity index is 0.000000285. The van der Waals surface area contributed by atoms with Crippen LogP contribution in [0.3, 0.4) is 0 Å². The van der Waals surface area contributed by atoms with Gasteiger partial charge in [0.2, 0.25) is 0 Å². The van der Waals surface area contributed by atoms with Gasteiger partial charge in [-0.15, -0.1) is 4.73 Å². The van der Waals surface area contributed by atoms with Crippen molar-refractivity contribution < 1.29 is 33.3 Å². The molecule has 204 valence electrons. The highest BCUT2D eigenvalue weighted by molar-refractivity contribution is 9.11. The summed E-state index contributed by atoms with van der Waals surface area (Å²) in [5, 5.41) is 11.9. The van der Waals surface area contributed by atoms with Gasteiger partial charge in [-0.1, -0.05) is 34.8 Å². The second-order valence-corrected chi connectivity index (χ2v) is 10.2. The van der Waals surface area contributed by atoms with Crippen LogP contribution in [0.2, 0.25) is 20.5 Å². The number of carbonyl (C=O) groups excluding carboxylic acids is 3. The molecule has 17 heteroatoms. The zero-order chi connectivity index (χ0) is 29.2. The molecule has 3 heterocycles. The van der Waals surface area contributed by atoms with Gasteiger partial charge in [-0.2, -0.15) is 0 Å². The first-order valence-corrected chi connectivity index (χ1v) is 13.3. The summed E-state index contributed by atoms with van der Waals surface area (Å²) in [5.74, 6) is -1.83. The van der Waals surface area contributed by atoms with Crippen molar-refractivity contribution in [2.45, 2.75) is 0 Å². The van der Waals surface area contributed by atoms with E-state index in [1.165, 1.54) is 39.5 Å². The van der Waals surface area contributed by atoms with E-state index >= 15 is 0 Å². The van der Waals surface area contributed by atoms with Gasteiger partial charge in [-0.05, 0) is 83.7 Å². The largest absolute Gasteiger partial charge is 0.617 e. The third-order valence-corrected chi connectivity index (χ3v) is 7.11. The number of halogens is 7. The number of pyridine rings is 3. The lowest BCUT2D eigenvalue weighted by atomic mass is 10.3. The molecule has 0 fully saturated rings. The summed E-state index contributed by atoms with van der Waals surface area (Å²) in [4.78, 5) is 40.7. The lowest BCUT2D eigenvalue weighted by Crippen LogP contribution is -2.36. The Morgan fingerprint density at radius 2 is 1.26 bits per heavy atom. The molecule has 0 radical (unpaired) electrons. The summed E-state index contributed by atoms with van der Waals surface area (Å²) in [6, 6.07) is 7.54. The molecule has 0 unspecified atom stereocenters. The quantitative estimate of drug-likeness (QED) is 0.0929. The molecule has 38 heavy (non-hydrogen) atoms. The van der Waals surface area contributed by atoms with E-state index in [1.54, 1.807) is 12.1 Å². The number of aromatic nitrogens is 3. The predicted octanol–water partition coefficient (Wildman–Crippen LogP) is 6.74. The minimum Gasteiger partial charge on any atom is -0.617 e. The highest BCUT2D eigenvalue weighted by atomic mass is 79.9. The van der Waals surface area contributed by atoms with Gasteiger partial charge >= 0.3 is 23.6 Å². The standard InChI is InChI=1S/C7H4BrCl2NO2.C7H5BrClNO3.C7H5BrClNO2/c1-13-7(12)6-5(8)3(9)2-4(10)11-6;1-13-7(11)6-4(8)2-3-5(9)10(6)12;1-12-7(11)6-4(8)2-3-5(9)10-6/h2H,1H3;2-3H,1H3;2-3H,1H3. The van der Waals surface area contributed by atoms with Crippen molar-refractivity contribution in [3.8, 4) is 0 Å². The third-order valence-electron chi connectivity index (χ3n) is 3.82. The molecule has 0 saturated carbocycles. The molecule has 0 amide bonds. The third kappa shape index (κ3) is 9.78. The van der Waals surface area contributed by atoms with Crippen molar-refractivity contribution in [1.29, 1.82) is 0 Å². The van der Waals surface area contributed by atoms with Crippen LogP contribution in [0.15, 0.2) is 43.7 Å². The number of ether oxygens (including phenoxy) is 3. The minimum absolute atomic E-state index is 0.0694. The van der Waals surface area contributed by atoms with E-state index in [2.05, 4.69) is 72.0 Å². The Labute approximate surface area is 261 Å². The highest BCUT2D eigenvalue weighted by Gasteiger charge is 2.23. The van der Waals surface area contributed by atoms with Crippen molar-refractivity contribution in [2.24, 2.45) is 0 Å². The highest BCUT2D eigenvalue weighted by Crippen LogP contribution is 2.28. The van der Waals surface area contributed by atoms with Crippen LogP contribution in [-0.4, -0.2) is 49.2 Å². The van der Waals surface area contributed by atoms with E-state index in [-0.39, 0.29) is 32.5 Å². The van der Waals surface area contributed by atoms with E-state index in [4.69, 9.17) is 46.4 Å². The number of hydrogen-bond acceptors (Lipinski definition) is 9. The Morgan fingerprint density at radius 1 is 0.763 bits per heavy atom. The van der Waals surface area contributed by atoms with Crippen molar-refractivity contribution in [3.05, 3.63) is 86.5 Å². The Bertz CT molecular complexity index is 1350. The number of methoxy groups -OCH3 is 3. The fourth-order valence-electron chi connectivity index (χ4n) is 2.13. The van der Waals surface area contributed by atoms with Gasteiger partial charge in [0, 0.05) is 6.07 Å². The molecule has 0 aliphatic rings. The van der Waals surface area contributed by atoms with E-state index in [9.17, 15) is 19.6 Å². The number of esters is 3. The molecule has 0 N–H and O–H groups in total. The molecule has 3 rings (SSSR count). The van der Waals surface area contributed by atoms with E-state index < -0.39 is 17.9 Å². The first kappa shape index (κ1) is 34.3. The summed E-state index contributed by atoms with van der Waals surface area (Å²) in [6.07, 6.45) is 0. The van der Waals surface area contributed by atoms with Crippen LogP contribution in [0.1, 0.15) is 31.5 Å². The number of rotatable bonds is 3. The number of carbonyl (C=O) groups is 3. The summed E-state index contributed by atoms with van der Waals surface area (Å²) >= 11 is 31.7. The molecule has 3 aromatic heterocycles. The van der Waals surface area contributed by atoms with Crippen LogP contribution < -0.4 is 4.73 Å². The van der Waals surface area contributed by atoms with Crippen LogP contribution >= 0.6 is 94.2 Å². The van der Waals surface area contributed by atoms with Gasteiger partial charge in [0.25, 0.3) is 5.15 Å². The maximum absolute atomic E-state index is 11.2. The fourth-order valence-corrected chi connectivity index (χ4v) is 4.07. The second-order valence-electron chi connectivity index (χ2n) is 6.18. The summed E-state index contributed by atoms with van der Waals surface area (Å²) < 4.78 is 15.0. The molecule has 0 aromatic carbocycles. The lowest BCUT2D eigenvalue weighted by Gasteiger charge is -2.04. The van der Waals surface area contributed by atoms with Gasteiger partial charge in [0.15, 0.2) is 11.4 Å². The van der Waals surface area contributed by atoms with Crippen LogP contribution in [0.4, 0.5) is 0 Å². The second kappa shape index (κ2) is 16.4. The monoisotopic (exact) mass is 797 g/mol. The topological polar surface area (TPSA) is 132 Å². The van der Waals surface area contributed by atoms with Crippen LogP contribution in [-0.2, 0) is 14.2 Å². The van der Waals surface area contributed by atoms with Gasteiger partial charge in [-0.3, -0.25) is 0 Å². The van der Waals surface area contributed by atoms with Crippen molar-refractivity contribution >= 4 is 112 Å². The zero-order valence-corrected chi connectivity index (χ0v) is 27.0. The summed E-state index contributed by atoms with van der Waals surface area (Å²) in [6.45, 7) is 0. The fraction of sp³-hybridized carbons (Fsp3) is 0.143. The van der Waals surface area contributed by atoms with Gasteiger partial charge < -0.3 is 19.4 Å². The maximum atomic E-state index is 11.2. The molecule has 0 aliphatic heterocycles. The first-order valence-electron chi connectivity index (χ1n) is 9.45. The molecule has 0 atom stereocenters. The minimum atomic E-state index is -0.732. The smallest absolute Gasteiger partial charge is 0.406 e. The Hall–Kier alpha value is -1.74. The van der Waals surface area contributed by atoms with Crippen LogP contribution in [0, 0.1) is 5.21 Å². The van der Waals surface area contributed by atoms with E-state index in [1.807, 2.05) is 0 Å². The Kier molecular flexibility index (Phi) is 14.8. The van der Waals surface area contributed by atoms with Crippen LogP contribution in [0.5, 0.6) is 0 Å². The SMILES string of the molecule is COC(=O)c1c(Br)ccc(Cl)[n+]1[O-].COC(=O)c1nc(Cl)cc(Cl)c1Br.COC(=O)c1nc(Cl)ccc1Br. The first-order chi connectivity index (χ1) is 17.8. The number of hydrogen-bond donors (Lipinski definition) is 0. The van der Waals surface area contributed by atoms with Crippen LogP contribution in [0.25, 0.3) is 0 Å². The lowest BCUT2D eigenvalue weighted by molar-refractivity contribution is -0.606. The van der Waals surface area contributed by atoms with Gasteiger partial charge in [0.1, 0.15) is 10.3 Å². The van der Waals surface area contributed by atoms with Crippen molar-refractivity contribution in [2.75, 3.05) is 21.3 Å². The molecular formula is C21H14Br3Cl4N3O7. The molecule has 0 saturated heterocycles. The van der Waals surface area contributed by atoms with E-state index in [0.717, 1.165) is 0 Å². The Morgan fingerprint density at radius 3 is 1.82 bits per heavy atom. The molecule has 0 aliphatic carbocycles. The summed E-state index contributed by atoms with van der Waals surface area (Å²) in [5.41, 5.74) is 0.0972. The van der Waals surface area contributed by atoms with E-state index in [0.29, 0.717) is 23.2 Å². The molecular weight excluding hydrogens is 788 g/mol. The summed E-state index contributed by atoms with van der Waals surface area (Å²) in [7, 11) is 3.73. The number of nitrogens with zero attached hydrogens (tertiary/aromatic N) is 3. The maximum Gasteiger partial charge on any atom is 0.406 e. The zero-order valence-electron chi connectivity index (χ0n) is 19.2. The average molecular weight is 802 g/mol. The molecule has 0 bridgehead atoms. The normalized spacial score (nSPS) is 9.74. The average Bonchev–Trinajstić information content (AvgIpc) is 2.89. The van der Waals surface area contributed by atoms with Gasteiger partial charge in [0.05, 0.1) is 39.8 Å². The van der Waals surface area contributed by atoms with Crippen molar-refractivity contribution in [1.82, 2.24) is 9.97 Å². The molecule has 10 nitrogen and oxygen atoms in total.